The average molecular weight is 301 g/mol. The number of aliphatic hydroxyl groups is 1. The number of halogens is 1. The number of aliphatic hydroxyl groups excluding tert-OH is 1. The summed E-state index contributed by atoms with van der Waals surface area (Å²) in [5.41, 5.74) is 0.0523. The quantitative estimate of drug-likeness (QED) is 0.771. The van der Waals surface area contributed by atoms with E-state index in [-0.39, 0.29) is 12.1 Å². The monoisotopic (exact) mass is 300 g/mol. The fraction of sp³-hybridized carbons (Fsp3) is 0.600. The third kappa shape index (κ3) is 6.09. The van der Waals surface area contributed by atoms with Crippen molar-refractivity contribution in [2.75, 3.05) is 33.8 Å². The smallest absolute Gasteiger partial charge is 0.119 e. The summed E-state index contributed by atoms with van der Waals surface area (Å²) in [7, 11) is 4.09. The number of benzene rings is 1. The van der Waals surface area contributed by atoms with Gasteiger partial charge in [-0.2, -0.15) is 0 Å². The van der Waals surface area contributed by atoms with Crippen LogP contribution in [0.25, 0.3) is 0 Å². The first kappa shape index (κ1) is 17.2. The van der Waals surface area contributed by atoms with E-state index in [0.717, 1.165) is 6.54 Å². The second-order valence-corrected chi connectivity index (χ2v) is 6.19. The Morgan fingerprint density at radius 2 is 1.90 bits per heavy atom. The van der Waals surface area contributed by atoms with Crippen LogP contribution in [-0.4, -0.2) is 55.4 Å². The van der Waals surface area contributed by atoms with E-state index in [9.17, 15) is 5.11 Å². The van der Waals surface area contributed by atoms with Gasteiger partial charge >= 0.3 is 0 Å². The molecule has 1 rings (SSSR count). The van der Waals surface area contributed by atoms with Crippen molar-refractivity contribution in [2.24, 2.45) is 0 Å². The van der Waals surface area contributed by atoms with Crippen LogP contribution in [0.15, 0.2) is 24.3 Å². The van der Waals surface area contributed by atoms with E-state index in [4.69, 9.17) is 16.3 Å². The second kappa shape index (κ2) is 7.84. The SMILES string of the molecule is CN(C)C(C)(C)CNCC(O)COc1ccc(Cl)cc1. The van der Waals surface area contributed by atoms with Crippen LogP contribution >= 0.6 is 11.6 Å². The highest BCUT2D eigenvalue weighted by Crippen LogP contribution is 2.15. The summed E-state index contributed by atoms with van der Waals surface area (Å²) >= 11 is 5.79. The molecule has 1 aromatic rings. The first-order valence-electron chi connectivity index (χ1n) is 6.76. The van der Waals surface area contributed by atoms with Crippen LogP contribution in [0.1, 0.15) is 13.8 Å². The minimum Gasteiger partial charge on any atom is -0.491 e. The Hall–Kier alpha value is -0.810. The molecule has 0 aliphatic carbocycles. The van der Waals surface area contributed by atoms with E-state index >= 15 is 0 Å². The van der Waals surface area contributed by atoms with E-state index in [1.54, 1.807) is 24.3 Å². The summed E-state index contributed by atoms with van der Waals surface area (Å²) in [6.45, 7) is 5.87. The van der Waals surface area contributed by atoms with Gasteiger partial charge in [0.1, 0.15) is 18.5 Å². The number of hydrogen-bond acceptors (Lipinski definition) is 4. The maximum Gasteiger partial charge on any atom is 0.119 e. The number of ether oxygens (including phenoxy) is 1. The van der Waals surface area contributed by atoms with Crippen molar-refractivity contribution in [3.8, 4) is 5.75 Å². The number of hydrogen-bond donors (Lipinski definition) is 2. The molecule has 2 N–H and O–H groups in total. The summed E-state index contributed by atoms with van der Waals surface area (Å²) in [5.74, 6) is 0.710. The largest absolute Gasteiger partial charge is 0.491 e. The Kier molecular flexibility index (Phi) is 6.76. The van der Waals surface area contributed by atoms with Crippen molar-refractivity contribution in [1.82, 2.24) is 10.2 Å². The van der Waals surface area contributed by atoms with Gasteiger partial charge in [-0.1, -0.05) is 11.6 Å². The molecule has 0 aromatic heterocycles. The Morgan fingerprint density at radius 3 is 2.45 bits per heavy atom. The lowest BCUT2D eigenvalue weighted by molar-refractivity contribution is 0.100. The summed E-state index contributed by atoms with van der Waals surface area (Å²) < 4.78 is 5.49. The van der Waals surface area contributed by atoms with Crippen LogP contribution in [0.4, 0.5) is 0 Å². The first-order chi connectivity index (χ1) is 9.31. The van der Waals surface area contributed by atoms with Gasteiger partial charge in [-0.15, -0.1) is 0 Å². The Labute approximate surface area is 126 Å². The number of nitrogens with one attached hydrogen (secondary N) is 1. The minimum atomic E-state index is -0.538. The van der Waals surface area contributed by atoms with Crippen molar-refractivity contribution < 1.29 is 9.84 Å². The molecule has 0 heterocycles. The molecule has 1 unspecified atom stereocenters. The molecule has 0 saturated carbocycles. The van der Waals surface area contributed by atoms with Gasteiger partial charge in [0.05, 0.1) is 0 Å². The summed E-state index contributed by atoms with van der Waals surface area (Å²) in [4.78, 5) is 2.15. The Morgan fingerprint density at radius 1 is 1.30 bits per heavy atom. The number of nitrogens with zero attached hydrogens (tertiary/aromatic N) is 1. The average Bonchev–Trinajstić information content (AvgIpc) is 2.37. The lowest BCUT2D eigenvalue weighted by Gasteiger charge is -2.33. The molecule has 0 amide bonds. The topological polar surface area (TPSA) is 44.7 Å². The highest BCUT2D eigenvalue weighted by atomic mass is 35.5. The van der Waals surface area contributed by atoms with Gasteiger partial charge in [0, 0.05) is 23.7 Å². The molecule has 0 fully saturated rings. The van der Waals surface area contributed by atoms with Crippen molar-refractivity contribution in [3.63, 3.8) is 0 Å². The highest BCUT2D eigenvalue weighted by molar-refractivity contribution is 6.30. The number of likely N-dealkylation sites (N-methyl/N-ethyl adjacent to an activating group) is 1. The van der Waals surface area contributed by atoms with Crippen molar-refractivity contribution in [2.45, 2.75) is 25.5 Å². The third-order valence-corrected chi connectivity index (χ3v) is 3.66. The van der Waals surface area contributed by atoms with E-state index in [2.05, 4.69) is 24.1 Å². The molecule has 0 spiro atoms. The predicted molar refractivity (Wildman–Crippen MR) is 83.6 cm³/mol. The van der Waals surface area contributed by atoms with Gasteiger partial charge in [0.2, 0.25) is 0 Å². The van der Waals surface area contributed by atoms with Gasteiger partial charge in [0.25, 0.3) is 0 Å². The standard InChI is InChI=1S/C15H25ClN2O2/c1-15(2,18(3)4)11-17-9-13(19)10-20-14-7-5-12(16)6-8-14/h5-8,13,17,19H,9-11H2,1-4H3. The lowest BCUT2D eigenvalue weighted by Crippen LogP contribution is -2.48. The second-order valence-electron chi connectivity index (χ2n) is 5.76. The molecule has 4 nitrogen and oxygen atoms in total. The Balaban J connectivity index is 2.24. The van der Waals surface area contributed by atoms with Crippen molar-refractivity contribution >= 4 is 11.6 Å². The summed E-state index contributed by atoms with van der Waals surface area (Å²) in [6, 6.07) is 7.11. The fourth-order valence-electron chi connectivity index (χ4n) is 1.48. The van der Waals surface area contributed by atoms with Crippen LogP contribution in [0.3, 0.4) is 0 Å². The summed E-state index contributed by atoms with van der Waals surface area (Å²) in [6.07, 6.45) is -0.538. The highest BCUT2D eigenvalue weighted by Gasteiger charge is 2.20. The van der Waals surface area contributed by atoms with Crippen LogP contribution in [0.5, 0.6) is 5.75 Å². The van der Waals surface area contributed by atoms with Gasteiger partial charge in [0.15, 0.2) is 0 Å². The zero-order valence-electron chi connectivity index (χ0n) is 12.7. The maximum absolute atomic E-state index is 9.87. The van der Waals surface area contributed by atoms with Crippen LogP contribution < -0.4 is 10.1 Å². The molecule has 0 saturated heterocycles. The van der Waals surface area contributed by atoms with E-state index < -0.39 is 6.10 Å². The molecule has 0 aliphatic heterocycles. The van der Waals surface area contributed by atoms with Crippen molar-refractivity contribution in [1.29, 1.82) is 0 Å². The van der Waals surface area contributed by atoms with Gasteiger partial charge in [-0.25, -0.2) is 0 Å². The molecule has 20 heavy (non-hydrogen) atoms. The third-order valence-electron chi connectivity index (χ3n) is 3.40. The normalized spacial score (nSPS) is 13.6. The van der Waals surface area contributed by atoms with Gasteiger partial charge in [-0.3, -0.25) is 0 Å². The Bertz CT molecular complexity index is 393. The van der Waals surface area contributed by atoms with Crippen molar-refractivity contribution in [3.05, 3.63) is 29.3 Å². The molecule has 1 aromatic carbocycles. The molecule has 0 bridgehead atoms. The van der Waals surface area contributed by atoms with Crippen LogP contribution in [0, 0.1) is 0 Å². The lowest BCUT2D eigenvalue weighted by atomic mass is 10.0. The van der Waals surface area contributed by atoms with E-state index in [1.807, 2.05) is 14.1 Å². The molecular weight excluding hydrogens is 276 g/mol. The number of rotatable bonds is 8. The maximum atomic E-state index is 9.87. The predicted octanol–water partition coefficient (Wildman–Crippen LogP) is 2.01. The van der Waals surface area contributed by atoms with Gasteiger partial charge in [-0.05, 0) is 52.2 Å². The van der Waals surface area contributed by atoms with Crippen LogP contribution in [0.2, 0.25) is 5.02 Å². The zero-order valence-corrected chi connectivity index (χ0v) is 13.4. The fourth-order valence-corrected chi connectivity index (χ4v) is 1.61. The molecule has 5 heteroatoms. The summed E-state index contributed by atoms with van der Waals surface area (Å²) in [5, 5.41) is 13.8. The molecule has 0 radical (unpaired) electrons. The zero-order chi connectivity index (χ0) is 15.2. The molecular formula is C15H25ClN2O2. The van der Waals surface area contributed by atoms with E-state index in [1.165, 1.54) is 0 Å². The van der Waals surface area contributed by atoms with E-state index in [0.29, 0.717) is 17.3 Å². The molecule has 114 valence electrons. The van der Waals surface area contributed by atoms with Gasteiger partial charge < -0.3 is 20.1 Å². The minimum absolute atomic E-state index is 0.0523. The molecule has 1 atom stereocenters. The molecule has 0 aliphatic rings. The first-order valence-corrected chi connectivity index (χ1v) is 7.13. The van der Waals surface area contributed by atoms with Crippen LogP contribution in [-0.2, 0) is 0 Å².